The van der Waals surface area contributed by atoms with Gasteiger partial charge in [-0.05, 0) is 216 Å². The van der Waals surface area contributed by atoms with Crippen LogP contribution in [-0.2, 0) is 98.8 Å². The number of hydrogen-bond donors (Lipinski definition) is 0. The normalized spacial score (nSPS) is 13.9. The molecule has 1 unspecified atom stereocenters. The van der Waals surface area contributed by atoms with Crippen molar-refractivity contribution in [3.63, 3.8) is 0 Å². The summed E-state index contributed by atoms with van der Waals surface area (Å²) >= 11 is 0. The number of alkyl halides is 3. The van der Waals surface area contributed by atoms with Gasteiger partial charge in [0.15, 0.2) is 26.7 Å². The summed E-state index contributed by atoms with van der Waals surface area (Å²) in [6.45, 7) is 70.3. The van der Waals surface area contributed by atoms with E-state index in [0.717, 1.165) is 31.7 Å². The van der Waals surface area contributed by atoms with E-state index in [0.29, 0.717) is 33.0 Å². The van der Waals surface area contributed by atoms with Crippen molar-refractivity contribution in [3.05, 3.63) is 4.72 Å². The van der Waals surface area contributed by atoms with Gasteiger partial charge < -0.3 is 74.4 Å². The number of amides is 1. The maximum absolute atomic E-state index is 12.4. The molecule has 0 heterocycles. The van der Waals surface area contributed by atoms with E-state index in [2.05, 4.69) is 160 Å². The van der Waals surface area contributed by atoms with Crippen molar-refractivity contribution in [2.45, 2.75) is 270 Å². The number of methoxy groups -OCH3 is 1. The first-order valence-corrected chi connectivity index (χ1v) is 66.5. The van der Waals surface area contributed by atoms with Crippen LogP contribution in [0.3, 0.4) is 0 Å². The summed E-state index contributed by atoms with van der Waals surface area (Å²) in [6.07, 6.45) is 4.63. The number of isocyanates is 1. The monoisotopic (exact) mass is 1640 g/mol. The fourth-order valence-electron chi connectivity index (χ4n) is 9.14. The first-order valence-electron chi connectivity index (χ1n) is 33.2. The Morgan fingerprint density at radius 2 is 0.786 bits per heavy atom. The number of aliphatic imine (C=N–C) groups is 1. The molecule has 0 spiro atoms. The van der Waals surface area contributed by atoms with Crippen LogP contribution < -0.4 is 51.4 Å². The first kappa shape index (κ1) is 107. The van der Waals surface area contributed by atoms with Crippen molar-refractivity contribution in [2.75, 3.05) is 53.3 Å². The Kier molecular flexibility index (Phi) is 48.9. The minimum absolute atomic E-state index is 0. The van der Waals surface area contributed by atoms with Crippen LogP contribution in [0.1, 0.15) is 108 Å². The molecule has 1 atom stereocenters. The molecule has 0 saturated carbocycles. The second-order valence-corrected chi connectivity index (χ2v) is 74.2. The molecule has 0 radical (unpaired) electrons. The number of nitrogens with zero attached hydrogens (tertiary/aromatic N) is 2. The van der Waals surface area contributed by atoms with Gasteiger partial charge in [0.05, 0.1) is 55.6 Å². The Morgan fingerprint density at radius 1 is 0.469 bits per heavy atom. The van der Waals surface area contributed by atoms with E-state index >= 15 is 0 Å². The molecule has 0 N–H and O–H groups in total. The van der Waals surface area contributed by atoms with Crippen molar-refractivity contribution in [1.29, 1.82) is 0 Å². The molecule has 0 saturated heterocycles. The fraction of sp³-hybridized carbons (Fsp3) is 0.914. The summed E-state index contributed by atoms with van der Waals surface area (Å²) in [5, 5.41) is 0. The van der Waals surface area contributed by atoms with Crippen LogP contribution in [0.15, 0.2) is 4.99 Å². The zero-order valence-corrected chi connectivity index (χ0v) is 82.1. The number of esters is 3. The van der Waals surface area contributed by atoms with Gasteiger partial charge in [-0.1, -0.05) is 48.5 Å². The number of hydrogen-bond acceptors (Lipinski definition) is 23. The molecule has 0 fully saturated rings. The second-order valence-electron chi connectivity index (χ2n) is 31.0. The van der Waals surface area contributed by atoms with Gasteiger partial charge in [0.1, 0.15) is 13.2 Å². The number of halogens is 3. The molecule has 578 valence electrons. The van der Waals surface area contributed by atoms with Crippen molar-refractivity contribution in [2.24, 2.45) is 27.2 Å². The van der Waals surface area contributed by atoms with Crippen molar-refractivity contribution < 1.29 is 162 Å². The molecule has 0 bridgehead atoms. The Morgan fingerprint density at radius 3 is 1.08 bits per heavy atom. The number of carbonyl (C=O) groups excluding carboxylic acids is 5. The van der Waals surface area contributed by atoms with Gasteiger partial charge in [-0.2, -0.15) is 13.2 Å². The van der Waals surface area contributed by atoms with Gasteiger partial charge in [-0.3, -0.25) is 14.4 Å². The Balaban J connectivity index is -0.000000533. The third-order valence-corrected chi connectivity index (χ3v) is 56.0. The van der Waals surface area contributed by atoms with Crippen LogP contribution in [0, 0.1) is 22.2 Å². The third kappa shape index (κ3) is 52.5. The Labute approximate surface area is 644 Å². The average molecular weight is 1650 g/mol. The number of ether oxygens (including phenoxy) is 5. The minimum atomic E-state index is -5.71. The smallest absolute Gasteiger partial charge is 0.538 e. The largest absolute Gasteiger partial charge is 1.00 e. The quantitative estimate of drug-likeness (QED) is 0.0137. The first-order chi connectivity index (χ1) is 43.0. The third-order valence-electron chi connectivity index (χ3n) is 13.4. The molecule has 0 aromatic carbocycles. The zero-order chi connectivity index (χ0) is 77.8. The molecule has 0 aliphatic heterocycles. The van der Waals surface area contributed by atoms with E-state index < -0.39 is 131 Å². The van der Waals surface area contributed by atoms with E-state index in [1.807, 2.05) is 55.4 Å². The molecular formula is C58H132F3KN2O22SSi11. The molecule has 0 rings (SSSR count). The van der Waals surface area contributed by atoms with Crippen LogP contribution in [0.2, 0.25) is 157 Å². The van der Waals surface area contributed by atoms with E-state index in [9.17, 15) is 45.6 Å². The zero-order valence-electron chi connectivity index (χ0n) is 67.2. The van der Waals surface area contributed by atoms with Gasteiger partial charge in [0, 0.05) is 12.5 Å². The second kappa shape index (κ2) is 44.7. The van der Waals surface area contributed by atoms with Crippen LogP contribution in [-0.4, -0.2) is 191 Å². The van der Waals surface area contributed by atoms with Gasteiger partial charge in [-0.15, -0.1) is 0 Å². The van der Waals surface area contributed by atoms with Crippen LogP contribution in [0.25, 0.3) is 4.72 Å². The molecule has 24 nitrogen and oxygen atoms in total. The Hall–Kier alpha value is 0.542. The maximum Gasteiger partial charge on any atom is 1.00 e. The molecular weight excluding hydrogens is 1510 g/mol. The topological polar surface area (TPSA) is 284 Å². The SMILES string of the molecule is CCC(C)(C)C(=O)OCCC[Si](C)(C)O[Si](C)(C)O[Si](C)(C)O[Si](C)(C)O[Si](C)(C)O[Si](C)(C)O[Si](C)(C)O[Si](C)(C)O[Si](C)(C)O[Si](C)(C)O[Si](C)(C)C.CCC(C)(C)C(=O)OCCN=C=O.CCC(C)(C)C(=O)[N-]S(=O)(=O)C(F)(F)F.CCC(C)C(=O)OCCOCCOC.[K+]. The van der Waals surface area contributed by atoms with Gasteiger partial charge in [-0.25, -0.2) is 18.2 Å². The maximum atomic E-state index is 12.4. The summed E-state index contributed by atoms with van der Waals surface area (Å²) in [5.74, 6) is -1.86. The number of carbonyl (C=O) groups is 4. The molecule has 0 aromatic rings. The predicted molar refractivity (Wildman–Crippen MR) is 402 cm³/mol. The molecule has 0 aliphatic carbocycles. The molecule has 98 heavy (non-hydrogen) atoms. The van der Waals surface area contributed by atoms with Crippen molar-refractivity contribution in [3.8, 4) is 0 Å². The average Bonchev–Trinajstić information content (AvgIpc) is 0.813. The van der Waals surface area contributed by atoms with E-state index in [4.69, 9.17) is 64.8 Å². The van der Waals surface area contributed by atoms with Crippen molar-refractivity contribution >= 4 is 134 Å². The molecule has 1 amide bonds. The summed E-state index contributed by atoms with van der Waals surface area (Å²) < 4.78 is 152. The Bertz CT molecular complexity index is 2540. The fourth-order valence-corrected chi connectivity index (χ4v) is 65.1. The molecule has 0 aromatic heterocycles. The minimum Gasteiger partial charge on any atom is -0.538 e. The summed E-state index contributed by atoms with van der Waals surface area (Å²) in [7, 11) is -31.7. The summed E-state index contributed by atoms with van der Waals surface area (Å²) in [5.41, 5.74) is -7.64. The standard InChI is InChI=1S/C32H86O12Si11.C10H20O4.C9H15NO3.C7H12F3NO3S.K/c1-27-32(2,3)31(33)34-29-28-30-46(7,8)36-48(11,12)38-50(15,16)40-52(19,20)42-54(23,24)44-55(25,26)43-53(21,22)41-51(17,18)39-49(13,14)37-47(9,10)35-45(4,5)6;1-4-9(2)10(11)14-8-7-13-6-5-12-3;1-4-9(2,3)8(12)13-6-5-10-7-11;1-4-6(2,3)5(12)11-15(13,14)7(8,9)10;/h27-30H2,1-26H3;9H,4-8H2,1-3H3;4-6H2,1-3H3;4H2,1-3H3,(H,11,12);/q;;;;+1/p-1. The molecule has 40 heteroatoms. The van der Waals surface area contributed by atoms with E-state index in [1.54, 1.807) is 14.0 Å². The van der Waals surface area contributed by atoms with Crippen molar-refractivity contribution in [1.82, 2.24) is 0 Å². The van der Waals surface area contributed by atoms with Gasteiger partial charge >= 0.3 is 152 Å². The van der Waals surface area contributed by atoms with Crippen LogP contribution >= 0.6 is 0 Å². The number of sulfonamides is 1. The summed E-state index contributed by atoms with van der Waals surface area (Å²) in [4.78, 5) is 58.9. The van der Waals surface area contributed by atoms with Gasteiger partial charge in [0.25, 0.3) is 0 Å². The van der Waals surface area contributed by atoms with Crippen LogP contribution in [0.5, 0.6) is 0 Å². The summed E-state index contributed by atoms with van der Waals surface area (Å²) in [6, 6.07) is 0.872. The van der Waals surface area contributed by atoms with E-state index in [-0.39, 0.29) is 94.8 Å². The molecule has 0 aliphatic rings. The van der Waals surface area contributed by atoms with Crippen LogP contribution in [0.4, 0.5) is 13.2 Å². The predicted octanol–water partition coefficient (Wildman–Crippen LogP) is 12.6. The van der Waals surface area contributed by atoms with Gasteiger partial charge in [0.2, 0.25) is 6.08 Å². The van der Waals surface area contributed by atoms with E-state index in [1.165, 1.54) is 19.9 Å². The number of rotatable bonds is 42.